The fraction of sp³-hybridized carbons (Fsp3) is 0.481. The highest BCUT2D eigenvalue weighted by Crippen LogP contribution is 2.33. The van der Waals surface area contributed by atoms with Crippen molar-refractivity contribution >= 4 is 5.71 Å². The van der Waals surface area contributed by atoms with Gasteiger partial charge in [-0.3, -0.25) is 4.99 Å². The Bertz CT molecular complexity index is 1100. The minimum absolute atomic E-state index is 0.105. The molecule has 4 N–H and O–H groups in total. The number of aromatic amines is 1. The Labute approximate surface area is 207 Å². The number of nitrogens with one attached hydrogen (secondary N) is 1. The second kappa shape index (κ2) is 11.1. The van der Waals surface area contributed by atoms with Crippen LogP contribution in [0.5, 0.6) is 0 Å². The smallest absolute Gasteiger partial charge is 0.281 e. The Balaban J connectivity index is 1.78. The first-order chi connectivity index (χ1) is 16.5. The van der Waals surface area contributed by atoms with Crippen LogP contribution in [0.25, 0.3) is 22.5 Å². The molecule has 186 valence electrons. The zero-order valence-electron chi connectivity index (χ0n) is 21.1. The van der Waals surface area contributed by atoms with Crippen LogP contribution in [0.2, 0.25) is 0 Å². The molecule has 8 nitrogen and oxygen atoms in total. The monoisotopic (exact) mass is 477 g/mol. The number of aromatic nitrogens is 4. The third-order valence-electron chi connectivity index (χ3n) is 6.74. The van der Waals surface area contributed by atoms with E-state index in [1.807, 2.05) is 18.2 Å². The summed E-state index contributed by atoms with van der Waals surface area (Å²) in [5.41, 5.74) is 3.51. The normalized spacial score (nSPS) is 14.5. The Kier molecular flexibility index (Phi) is 8.39. The lowest BCUT2D eigenvalue weighted by Gasteiger charge is -2.34. The highest BCUT2D eigenvalue weighted by molar-refractivity contribution is 5.85. The Hall–Kier alpha value is -3.12. The standard InChI is InChI=1S/C27H35N5O3/c1-6-18(2)19(3)28-22(17-26(4,5)27(33,34)35)16-13-20-11-14-21(15-12-20)23-9-7-8-10-24(23)25-29-31-32-30-25/h7,9,11-12,14-15,18-19,33-35H,6,13,16-17H2,1-5H3,(H,29,30,31,32). The van der Waals surface area contributed by atoms with E-state index in [2.05, 4.69) is 65.7 Å². The van der Waals surface area contributed by atoms with E-state index in [0.717, 1.165) is 40.8 Å². The fourth-order valence-electron chi connectivity index (χ4n) is 3.80. The zero-order valence-corrected chi connectivity index (χ0v) is 21.1. The predicted molar refractivity (Wildman–Crippen MR) is 135 cm³/mol. The number of H-pyrrole nitrogens is 1. The average molecular weight is 478 g/mol. The molecule has 0 saturated carbocycles. The molecule has 0 amide bonds. The molecule has 0 aliphatic carbocycles. The predicted octanol–water partition coefficient (Wildman–Crippen LogP) is 3.99. The van der Waals surface area contributed by atoms with Gasteiger partial charge in [-0.05, 0) is 60.6 Å². The molecule has 0 saturated heterocycles. The molecular formula is C27H35N5O3. The van der Waals surface area contributed by atoms with E-state index in [1.54, 1.807) is 19.9 Å². The summed E-state index contributed by atoms with van der Waals surface area (Å²) in [6, 6.07) is 18.1. The molecule has 3 aromatic rings. The van der Waals surface area contributed by atoms with Gasteiger partial charge in [-0.2, -0.15) is 5.21 Å². The lowest BCUT2D eigenvalue weighted by Crippen LogP contribution is -2.45. The molecule has 0 fully saturated rings. The van der Waals surface area contributed by atoms with E-state index in [0.29, 0.717) is 18.2 Å². The maximum Gasteiger partial charge on any atom is 0.281 e. The van der Waals surface area contributed by atoms with Crippen LogP contribution < -0.4 is 0 Å². The number of aryl methyl sites for hydroxylation is 1. The molecule has 0 aliphatic heterocycles. The molecule has 1 heterocycles. The van der Waals surface area contributed by atoms with Crippen LogP contribution in [0.15, 0.2) is 41.4 Å². The Morgan fingerprint density at radius 1 is 1.11 bits per heavy atom. The highest BCUT2D eigenvalue weighted by Gasteiger charge is 2.41. The van der Waals surface area contributed by atoms with Crippen molar-refractivity contribution in [2.75, 3.05) is 0 Å². The molecule has 0 radical (unpaired) electrons. The maximum atomic E-state index is 9.84. The molecule has 2 unspecified atom stereocenters. The van der Waals surface area contributed by atoms with Crippen molar-refractivity contribution < 1.29 is 15.3 Å². The van der Waals surface area contributed by atoms with Gasteiger partial charge >= 0.3 is 0 Å². The van der Waals surface area contributed by atoms with Crippen LogP contribution in [0, 0.1) is 23.5 Å². The van der Waals surface area contributed by atoms with Crippen molar-refractivity contribution in [3.63, 3.8) is 0 Å². The van der Waals surface area contributed by atoms with E-state index < -0.39 is 11.4 Å². The third-order valence-corrected chi connectivity index (χ3v) is 6.74. The van der Waals surface area contributed by atoms with Gasteiger partial charge in [0, 0.05) is 17.3 Å². The largest absolute Gasteiger partial charge is 0.343 e. The lowest BCUT2D eigenvalue weighted by atomic mass is 9.82. The molecular weight excluding hydrogens is 442 g/mol. The van der Waals surface area contributed by atoms with E-state index in [9.17, 15) is 15.3 Å². The van der Waals surface area contributed by atoms with Gasteiger partial charge in [0.25, 0.3) is 5.97 Å². The van der Waals surface area contributed by atoms with Crippen LogP contribution in [0.1, 0.15) is 59.4 Å². The van der Waals surface area contributed by atoms with E-state index >= 15 is 0 Å². The minimum Gasteiger partial charge on any atom is -0.343 e. The second-order valence-electron chi connectivity index (χ2n) is 9.84. The summed E-state index contributed by atoms with van der Waals surface area (Å²) < 4.78 is 0. The number of aliphatic imine (C=N–C) groups is 1. The van der Waals surface area contributed by atoms with Gasteiger partial charge in [0.1, 0.15) is 0 Å². The number of hydrogen-bond donors (Lipinski definition) is 4. The molecule has 0 bridgehead atoms. The molecule has 0 spiro atoms. The number of aliphatic hydroxyl groups is 3. The maximum absolute atomic E-state index is 9.84. The van der Waals surface area contributed by atoms with Crippen LogP contribution in [0.3, 0.4) is 0 Å². The van der Waals surface area contributed by atoms with Crippen molar-refractivity contribution in [3.8, 4) is 22.5 Å². The van der Waals surface area contributed by atoms with Gasteiger partial charge in [-0.25, -0.2) is 0 Å². The van der Waals surface area contributed by atoms with Crippen molar-refractivity contribution in [1.82, 2.24) is 20.6 Å². The van der Waals surface area contributed by atoms with Gasteiger partial charge in [-0.15, -0.1) is 10.2 Å². The van der Waals surface area contributed by atoms with Gasteiger partial charge < -0.3 is 15.3 Å². The summed E-state index contributed by atoms with van der Waals surface area (Å²) in [6.45, 7) is 9.62. The number of rotatable bonds is 11. The zero-order chi connectivity index (χ0) is 25.6. The first-order valence-corrected chi connectivity index (χ1v) is 12.0. The van der Waals surface area contributed by atoms with E-state index in [1.165, 1.54) is 0 Å². The summed E-state index contributed by atoms with van der Waals surface area (Å²) in [7, 11) is 0. The summed E-state index contributed by atoms with van der Waals surface area (Å²) in [5, 5.41) is 43.7. The summed E-state index contributed by atoms with van der Waals surface area (Å²) in [4.78, 5) is 4.92. The Morgan fingerprint density at radius 2 is 1.83 bits per heavy atom. The average Bonchev–Trinajstić information content (AvgIpc) is 3.36. The number of benzene rings is 1. The van der Waals surface area contributed by atoms with Crippen molar-refractivity contribution in [2.45, 2.75) is 72.3 Å². The summed E-state index contributed by atoms with van der Waals surface area (Å²) >= 11 is 0. The molecule has 35 heavy (non-hydrogen) atoms. The van der Waals surface area contributed by atoms with Crippen molar-refractivity contribution in [1.29, 1.82) is 0 Å². The van der Waals surface area contributed by atoms with Crippen LogP contribution in [0.4, 0.5) is 0 Å². The number of hydrogen-bond acceptors (Lipinski definition) is 7. The van der Waals surface area contributed by atoms with Gasteiger partial charge in [0.15, 0.2) is 0 Å². The first-order valence-electron chi connectivity index (χ1n) is 12.0. The Morgan fingerprint density at radius 3 is 2.43 bits per heavy atom. The SMILES string of the molecule is CCC(C)C(C)N=C(CCc1ccc(-c2ccc#cc2-c2nn[nH]n2)cc1)CC(C)(C)C(O)(O)O. The highest BCUT2D eigenvalue weighted by atomic mass is 16.7. The molecule has 0 aliphatic rings. The van der Waals surface area contributed by atoms with Gasteiger partial charge in [0.2, 0.25) is 5.82 Å². The molecule has 8 heteroatoms. The third kappa shape index (κ3) is 6.73. The number of nitrogens with zero attached hydrogens (tertiary/aromatic N) is 4. The van der Waals surface area contributed by atoms with E-state index in [-0.39, 0.29) is 12.5 Å². The van der Waals surface area contributed by atoms with Gasteiger partial charge in [0.05, 0.1) is 11.0 Å². The second-order valence-corrected chi connectivity index (χ2v) is 9.84. The van der Waals surface area contributed by atoms with Crippen LogP contribution in [-0.4, -0.2) is 53.7 Å². The summed E-state index contributed by atoms with van der Waals surface area (Å²) in [5.74, 6) is -1.91. The van der Waals surface area contributed by atoms with Crippen molar-refractivity contribution in [2.24, 2.45) is 16.3 Å². The fourth-order valence-corrected chi connectivity index (χ4v) is 3.80. The van der Waals surface area contributed by atoms with Crippen LogP contribution >= 0.6 is 0 Å². The molecule has 2 atom stereocenters. The molecule has 3 rings (SSSR count). The van der Waals surface area contributed by atoms with Gasteiger partial charge in [-0.1, -0.05) is 70.5 Å². The van der Waals surface area contributed by atoms with Crippen LogP contribution in [-0.2, 0) is 6.42 Å². The summed E-state index contributed by atoms with van der Waals surface area (Å²) in [6.07, 6.45) is 2.68. The lowest BCUT2D eigenvalue weighted by molar-refractivity contribution is -0.366. The molecule has 1 aromatic heterocycles. The topological polar surface area (TPSA) is 128 Å². The number of tetrazole rings is 1. The first kappa shape index (κ1) is 26.5. The molecule has 2 aromatic carbocycles. The minimum atomic E-state index is -2.78. The van der Waals surface area contributed by atoms with Crippen molar-refractivity contribution in [3.05, 3.63) is 54.1 Å². The van der Waals surface area contributed by atoms with E-state index in [4.69, 9.17) is 4.99 Å². The quantitative estimate of drug-likeness (QED) is 0.244.